The van der Waals surface area contributed by atoms with Gasteiger partial charge in [-0.1, -0.05) is 41.6 Å². The summed E-state index contributed by atoms with van der Waals surface area (Å²) in [4.78, 5) is 12.2. The van der Waals surface area contributed by atoms with Crippen molar-refractivity contribution in [1.82, 2.24) is 20.1 Å². The largest absolute Gasteiger partial charge is 0.349 e. The lowest BCUT2D eigenvalue weighted by Crippen LogP contribution is -2.28. The summed E-state index contributed by atoms with van der Waals surface area (Å²) in [5, 5.41) is 12.0. The molecule has 2 aromatic carbocycles. The fourth-order valence-corrected chi connectivity index (χ4v) is 3.32. The van der Waals surface area contributed by atoms with Crippen LogP contribution in [0.5, 0.6) is 0 Å². The maximum atomic E-state index is 13.3. The Bertz CT molecular complexity index is 917. The number of nitrogens with one attached hydrogen (secondary N) is 1. The van der Waals surface area contributed by atoms with Crippen molar-refractivity contribution >= 4 is 29.3 Å². The predicted molar refractivity (Wildman–Crippen MR) is 100 cm³/mol. The summed E-state index contributed by atoms with van der Waals surface area (Å²) in [6.45, 7) is 1.81. The fourth-order valence-electron chi connectivity index (χ4n) is 2.40. The average molecular weight is 391 g/mol. The summed E-state index contributed by atoms with van der Waals surface area (Å²) in [5.74, 6) is -0.334. The smallest absolute Gasteiger partial charge is 0.230 e. The molecular formula is C18H16ClFN4OS. The summed E-state index contributed by atoms with van der Waals surface area (Å²) < 4.78 is 15.1. The summed E-state index contributed by atoms with van der Waals surface area (Å²) in [5.41, 5.74) is 1.53. The van der Waals surface area contributed by atoms with Gasteiger partial charge < -0.3 is 5.32 Å². The molecule has 1 N–H and O–H groups in total. The third-order valence-electron chi connectivity index (χ3n) is 3.66. The van der Waals surface area contributed by atoms with E-state index in [0.29, 0.717) is 15.7 Å². The molecule has 0 spiro atoms. The minimum absolute atomic E-state index is 0.166. The maximum Gasteiger partial charge on any atom is 0.230 e. The van der Waals surface area contributed by atoms with Crippen molar-refractivity contribution in [2.75, 3.05) is 5.75 Å². The molecule has 1 amide bonds. The molecule has 134 valence electrons. The van der Waals surface area contributed by atoms with Crippen LogP contribution in [0.1, 0.15) is 18.5 Å². The molecule has 3 rings (SSSR count). The highest BCUT2D eigenvalue weighted by molar-refractivity contribution is 7.99. The highest BCUT2D eigenvalue weighted by atomic mass is 35.5. The highest BCUT2D eigenvalue weighted by Gasteiger charge is 2.13. The van der Waals surface area contributed by atoms with Crippen LogP contribution in [0.2, 0.25) is 5.02 Å². The van der Waals surface area contributed by atoms with Crippen molar-refractivity contribution < 1.29 is 9.18 Å². The van der Waals surface area contributed by atoms with Crippen LogP contribution in [-0.2, 0) is 4.79 Å². The average Bonchev–Trinajstić information content (AvgIpc) is 3.08. The minimum Gasteiger partial charge on any atom is -0.349 e. The van der Waals surface area contributed by atoms with Crippen molar-refractivity contribution in [2.45, 2.75) is 18.1 Å². The molecule has 8 heteroatoms. The summed E-state index contributed by atoms with van der Waals surface area (Å²) in [7, 11) is 0. The van der Waals surface area contributed by atoms with E-state index in [9.17, 15) is 9.18 Å². The number of nitrogens with zero attached hydrogens (tertiary/aromatic N) is 3. The van der Waals surface area contributed by atoms with Crippen molar-refractivity contribution in [2.24, 2.45) is 0 Å². The van der Waals surface area contributed by atoms with Gasteiger partial charge in [-0.3, -0.25) is 9.36 Å². The van der Waals surface area contributed by atoms with Crippen LogP contribution in [0.3, 0.4) is 0 Å². The zero-order chi connectivity index (χ0) is 18.5. The number of amides is 1. The van der Waals surface area contributed by atoms with E-state index in [1.807, 2.05) is 19.1 Å². The molecule has 26 heavy (non-hydrogen) atoms. The first kappa shape index (κ1) is 18.4. The Labute approximate surface area is 159 Å². The van der Waals surface area contributed by atoms with Gasteiger partial charge in [0.1, 0.15) is 12.1 Å². The first-order valence-electron chi connectivity index (χ1n) is 7.86. The molecule has 0 bridgehead atoms. The number of hydrogen-bond donors (Lipinski definition) is 1. The van der Waals surface area contributed by atoms with E-state index in [1.54, 1.807) is 35.2 Å². The number of carbonyl (C=O) groups is 1. The van der Waals surface area contributed by atoms with Crippen LogP contribution in [0, 0.1) is 5.82 Å². The van der Waals surface area contributed by atoms with Gasteiger partial charge in [-0.2, -0.15) is 0 Å². The van der Waals surface area contributed by atoms with Crippen LogP contribution in [0.25, 0.3) is 5.69 Å². The monoisotopic (exact) mass is 390 g/mol. The number of carbonyl (C=O) groups excluding carboxylic acids is 1. The van der Waals surface area contributed by atoms with Crippen molar-refractivity contribution in [1.29, 1.82) is 0 Å². The van der Waals surface area contributed by atoms with Gasteiger partial charge in [0, 0.05) is 5.02 Å². The highest BCUT2D eigenvalue weighted by Crippen LogP contribution is 2.22. The SMILES string of the molecule is CC(NC(=O)CSc1nncn1-c1cccc(Cl)c1)c1cccc(F)c1. The standard InChI is InChI=1S/C18H16ClFN4OS/c1-12(13-4-2-6-15(20)8-13)22-17(25)10-26-18-23-21-11-24(18)16-7-3-5-14(19)9-16/h2-9,11-12H,10H2,1H3,(H,22,25). The molecule has 0 aliphatic rings. The van der Waals surface area contributed by atoms with Gasteiger partial charge in [-0.25, -0.2) is 4.39 Å². The lowest BCUT2D eigenvalue weighted by Gasteiger charge is -2.14. The maximum absolute atomic E-state index is 13.3. The van der Waals surface area contributed by atoms with E-state index in [0.717, 1.165) is 5.69 Å². The zero-order valence-corrected chi connectivity index (χ0v) is 15.5. The molecule has 0 radical (unpaired) electrons. The van der Waals surface area contributed by atoms with Crippen LogP contribution in [0.15, 0.2) is 60.0 Å². The van der Waals surface area contributed by atoms with Crippen LogP contribution >= 0.6 is 23.4 Å². The van der Waals surface area contributed by atoms with Crippen molar-refractivity contribution in [3.63, 3.8) is 0 Å². The molecule has 0 aliphatic carbocycles. The summed E-state index contributed by atoms with van der Waals surface area (Å²) >= 11 is 7.28. The molecule has 1 atom stereocenters. The number of rotatable bonds is 6. The van der Waals surface area contributed by atoms with E-state index in [-0.39, 0.29) is 23.5 Å². The van der Waals surface area contributed by atoms with Gasteiger partial charge in [0.15, 0.2) is 5.16 Å². The topological polar surface area (TPSA) is 59.8 Å². The number of hydrogen-bond acceptors (Lipinski definition) is 4. The second-order valence-corrected chi connectivity index (χ2v) is 6.98. The molecular weight excluding hydrogens is 375 g/mol. The second kappa shape index (κ2) is 8.33. The number of halogens is 2. The van der Waals surface area contributed by atoms with Gasteiger partial charge in [-0.05, 0) is 42.8 Å². The Morgan fingerprint density at radius 3 is 2.88 bits per heavy atom. The van der Waals surface area contributed by atoms with Crippen LogP contribution in [-0.4, -0.2) is 26.4 Å². The molecule has 1 heterocycles. The quantitative estimate of drug-likeness (QED) is 0.645. The van der Waals surface area contributed by atoms with E-state index < -0.39 is 0 Å². The minimum atomic E-state index is -0.326. The molecule has 0 aliphatic heterocycles. The molecule has 1 aromatic heterocycles. The Morgan fingerprint density at radius 1 is 1.31 bits per heavy atom. The Hall–Kier alpha value is -2.38. The molecule has 0 fully saturated rings. The third kappa shape index (κ3) is 4.62. The number of thioether (sulfide) groups is 1. The number of aromatic nitrogens is 3. The van der Waals surface area contributed by atoms with E-state index >= 15 is 0 Å². The van der Waals surface area contributed by atoms with E-state index in [2.05, 4.69) is 15.5 Å². The van der Waals surface area contributed by atoms with Gasteiger partial charge in [0.2, 0.25) is 5.91 Å². The normalized spacial score (nSPS) is 12.0. The Balaban J connectivity index is 1.61. The van der Waals surface area contributed by atoms with Gasteiger partial charge in [0.25, 0.3) is 0 Å². The molecule has 3 aromatic rings. The van der Waals surface area contributed by atoms with Gasteiger partial charge in [-0.15, -0.1) is 10.2 Å². The Morgan fingerprint density at radius 2 is 2.12 bits per heavy atom. The zero-order valence-electron chi connectivity index (χ0n) is 13.9. The van der Waals surface area contributed by atoms with Crippen LogP contribution < -0.4 is 5.32 Å². The lowest BCUT2D eigenvalue weighted by atomic mass is 10.1. The van der Waals surface area contributed by atoms with Gasteiger partial charge in [0.05, 0.1) is 17.5 Å². The van der Waals surface area contributed by atoms with Gasteiger partial charge >= 0.3 is 0 Å². The Kier molecular flexibility index (Phi) is 5.90. The van der Waals surface area contributed by atoms with E-state index in [1.165, 1.54) is 23.9 Å². The molecule has 5 nitrogen and oxygen atoms in total. The summed E-state index contributed by atoms with van der Waals surface area (Å²) in [6, 6.07) is 13.2. The third-order valence-corrected chi connectivity index (χ3v) is 4.84. The fraction of sp³-hybridized carbons (Fsp3) is 0.167. The number of benzene rings is 2. The van der Waals surface area contributed by atoms with Crippen molar-refractivity contribution in [3.8, 4) is 5.69 Å². The first-order chi connectivity index (χ1) is 12.5. The van der Waals surface area contributed by atoms with Crippen molar-refractivity contribution in [3.05, 3.63) is 71.3 Å². The predicted octanol–water partition coefficient (Wildman–Crippen LogP) is 4.03. The summed E-state index contributed by atoms with van der Waals surface area (Å²) in [6.07, 6.45) is 1.57. The molecule has 1 unspecified atom stereocenters. The molecule has 0 saturated heterocycles. The lowest BCUT2D eigenvalue weighted by molar-refractivity contribution is -0.119. The van der Waals surface area contributed by atoms with Crippen LogP contribution in [0.4, 0.5) is 4.39 Å². The first-order valence-corrected chi connectivity index (χ1v) is 9.23. The van der Waals surface area contributed by atoms with E-state index in [4.69, 9.17) is 11.6 Å². The second-order valence-electron chi connectivity index (χ2n) is 5.60. The molecule has 0 saturated carbocycles.